The molecule has 0 saturated carbocycles. The van der Waals surface area contributed by atoms with Gasteiger partial charge in [-0.05, 0) is 38.9 Å². The summed E-state index contributed by atoms with van der Waals surface area (Å²) in [6.45, 7) is 5.03. The van der Waals surface area contributed by atoms with Crippen molar-refractivity contribution < 1.29 is 4.52 Å². The van der Waals surface area contributed by atoms with Crippen molar-refractivity contribution in [2.75, 3.05) is 19.6 Å². The average molecular weight is 224 g/mol. The van der Waals surface area contributed by atoms with Gasteiger partial charge in [0, 0.05) is 6.42 Å². The molecule has 90 valence electrons. The van der Waals surface area contributed by atoms with E-state index >= 15 is 0 Å². The molecular weight excluding hydrogens is 204 g/mol. The van der Waals surface area contributed by atoms with E-state index < -0.39 is 0 Å². The largest absolute Gasteiger partial charge is 0.338 e. The van der Waals surface area contributed by atoms with E-state index in [4.69, 9.17) is 10.3 Å². The Kier molecular flexibility index (Phi) is 3.90. The van der Waals surface area contributed by atoms with Gasteiger partial charge in [-0.15, -0.1) is 0 Å². The second-order valence-electron chi connectivity index (χ2n) is 4.23. The van der Waals surface area contributed by atoms with Crippen LogP contribution in [0.25, 0.3) is 0 Å². The minimum absolute atomic E-state index is 0.337. The van der Waals surface area contributed by atoms with Crippen LogP contribution in [0.4, 0.5) is 0 Å². The van der Waals surface area contributed by atoms with Crippen molar-refractivity contribution in [3.63, 3.8) is 0 Å². The van der Waals surface area contributed by atoms with Crippen LogP contribution in [0.2, 0.25) is 0 Å². The molecule has 1 aromatic rings. The standard InChI is InChI=1S/C11H20N4O/c1-2-15-8-4-5-9(15)11-13-10(14-16-11)6-3-7-12/h9H,2-8,12H2,1H3. The summed E-state index contributed by atoms with van der Waals surface area (Å²) in [5, 5.41) is 4.00. The Bertz CT molecular complexity index is 326. The quantitative estimate of drug-likeness (QED) is 0.811. The first kappa shape index (κ1) is 11.5. The topological polar surface area (TPSA) is 68.2 Å². The Balaban J connectivity index is 2.00. The first-order chi connectivity index (χ1) is 7.85. The number of hydrogen-bond acceptors (Lipinski definition) is 5. The first-order valence-electron chi connectivity index (χ1n) is 6.11. The molecule has 5 nitrogen and oxygen atoms in total. The van der Waals surface area contributed by atoms with Crippen molar-refractivity contribution in [1.82, 2.24) is 15.0 Å². The van der Waals surface area contributed by atoms with Crippen LogP contribution in [0.1, 0.15) is 43.9 Å². The van der Waals surface area contributed by atoms with Crippen LogP contribution < -0.4 is 5.73 Å². The summed E-state index contributed by atoms with van der Waals surface area (Å²) in [5.74, 6) is 1.58. The Morgan fingerprint density at radius 3 is 3.19 bits per heavy atom. The molecule has 1 atom stereocenters. The summed E-state index contributed by atoms with van der Waals surface area (Å²) in [6, 6.07) is 0.337. The molecule has 0 bridgehead atoms. The van der Waals surface area contributed by atoms with E-state index in [-0.39, 0.29) is 0 Å². The summed E-state index contributed by atoms with van der Waals surface area (Å²) in [6.07, 6.45) is 4.09. The molecule has 0 amide bonds. The molecule has 0 aliphatic carbocycles. The van der Waals surface area contributed by atoms with E-state index in [1.165, 1.54) is 6.42 Å². The third-order valence-electron chi connectivity index (χ3n) is 3.14. The molecule has 1 unspecified atom stereocenters. The maximum Gasteiger partial charge on any atom is 0.243 e. The Morgan fingerprint density at radius 2 is 2.44 bits per heavy atom. The first-order valence-corrected chi connectivity index (χ1v) is 6.11. The molecule has 1 saturated heterocycles. The third-order valence-corrected chi connectivity index (χ3v) is 3.14. The lowest BCUT2D eigenvalue weighted by molar-refractivity contribution is 0.217. The van der Waals surface area contributed by atoms with Gasteiger partial charge < -0.3 is 10.3 Å². The Morgan fingerprint density at radius 1 is 1.56 bits per heavy atom. The van der Waals surface area contributed by atoms with Gasteiger partial charge in [0.25, 0.3) is 0 Å². The second-order valence-corrected chi connectivity index (χ2v) is 4.23. The molecule has 1 aliphatic rings. The van der Waals surface area contributed by atoms with Crippen molar-refractivity contribution >= 4 is 0 Å². The van der Waals surface area contributed by atoms with Crippen molar-refractivity contribution in [1.29, 1.82) is 0 Å². The lowest BCUT2D eigenvalue weighted by Gasteiger charge is -2.18. The van der Waals surface area contributed by atoms with E-state index in [1.54, 1.807) is 0 Å². The lowest BCUT2D eigenvalue weighted by atomic mass is 10.2. The molecule has 2 N–H and O–H groups in total. The van der Waals surface area contributed by atoms with Gasteiger partial charge in [0.05, 0.1) is 6.04 Å². The fraction of sp³-hybridized carbons (Fsp3) is 0.818. The van der Waals surface area contributed by atoms with E-state index in [2.05, 4.69) is 22.0 Å². The van der Waals surface area contributed by atoms with E-state index in [9.17, 15) is 0 Å². The predicted octanol–water partition coefficient (Wildman–Crippen LogP) is 1.12. The Labute approximate surface area is 96.0 Å². The molecule has 2 rings (SSSR count). The van der Waals surface area contributed by atoms with Gasteiger partial charge in [-0.1, -0.05) is 12.1 Å². The number of nitrogens with two attached hydrogens (primary N) is 1. The molecule has 2 heterocycles. The zero-order valence-electron chi connectivity index (χ0n) is 9.85. The number of hydrogen-bond donors (Lipinski definition) is 1. The van der Waals surface area contributed by atoms with Crippen LogP contribution in [-0.4, -0.2) is 34.7 Å². The van der Waals surface area contributed by atoms with Crippen LogP contribution in [0.15, 0.2) is 4.52 Å². The van der Waals surface area contributed by atoms with Crippen molar-refractivity contribution in [2.45, 2.75) is 38.6 Å². The van der Waals surface area contributed by atoms with Gasteiger partial charge >= 0.3 is 0 Å². The SMILES string of the molecule is CCN1CCCC1c1nc(CCCN)no1. The molecule has 0 aromatic carbocycles. The van der Waals surface area contributed by atoms with Crippen molar-refractivity contribution in [2.24, 2.45) is 5.73 Å². The van der Waals surface area contributed by atoms with Gasteiger partial charge in [0.15, 0.2) is 5.82 Å². The van der Waals surface area contributed by atoms with E-state index in [0.29, 0.717) is 12.6 Å². The van der Waals surface area contributed by atoms with Crippen LogP contribution in [0.3, 0.4) is 0 Å². The normalized spacial score (nSPS) is 21.8. The summed E-state index contributed by atoms with van der Waals surface area (Å²) < 4.78 is 5.33. The number of nitrogens with zero attached hydrogens (tertiary/aromatic N) is 3. The summed E-state index contributed by atoms with van der Waals surface area (Å²) in [4.78, 5) is 6.84. The average Bonchev–Trinajstić information content (AvgIpc) is 2.94. The monoisotopic (exact) mass is 224 g/mol. The fourth-order valence-electron chi connectivity index (χ4n) is 2.25. The number of aromatic nitrogens is 2. The Hall–Kier alpha value is -0.940. The smallest absolute Gasteiger partial charge is 0.243 e. The van der Waals surface area contributed by atoms with Gasteiger partial charge in [-0.25, -0.2) is 0 Å². The molecule has 1 aromatic heterocycles. The number of likely N-dealkylation sites (tertiary alicyclic amines) is 1. The summed E-state index contributed by atoms with van der Waals surface area (Å²) >= 11 is 0. The zero-order chi connectivity index (χ0) is 11.4. The zero-order valence-corrected chi connectivity index (χ0v) is 9.85. The van der Waals surface area contributed by atoms with Crippen LogP contribution in [-0.2, 0) is 6.42 Å². The van der Waals surface area contributed by atoms with Gasteiger partial charge in [-0.3, -0.25) is 4.90 Å². The minimum atomic E-state index is 0.337. The van der Waals surface area contributed by atoms with Crippen LogP contribution >= 0.6 is 0 Å². The number of rotatable bonds is 5. The maximum atomic E-state index is 5.45. The highest BCUT2D eigenvalue weighted by Gasteiger charge is 2.29. The highest BCUT2D eigenvalue weighted by Crippen LogP contribution is 2.30. The molecular formula is C11H20N4O. The molecule has 1 aliphatic heterocycles. The van der Waals surface area contributed by atoms with E-state index in [1.807, 2.05) is 0 Å². The third kappa shape index (κ3) is 2.41. The molecule has 1 fully saturated rings. The second kappa shape index (κ2) is 5.41. The van der Waals surface area contributed by atoms with Gasteiger partial charge in [0.2, 0.25) is 5.89 Å². The molecule has 16 heavy (non-hydrogen) atoms. The van der Waals surface area contributed by atoms with Crippen molar-refractivity contribution in [3.05, 3.63) is 11.7 Å². The number of aryl methyl sites for hydroxylation is 1. The van der Waals surface area contributed by atoms with Crippen molar-refractivity contribution in [3.8, 4) is 0 Å². The fourth-order valence-corrected chi connectivity index (χ4v) is 2.25. The minimum Gasteiger partial charge on any atom is -0.338 e. The molecule has 0 radical (unpaired) electrons. The van der Waals surface area contributed by atoms with Gasteiger partial charge in [0.1, 0.15) is 0 Å². The maximum absolute atomic E-state index is 5.45. The van der Waals surface area contributed by atoms with Crippen LogP contribution in [0.5, 0.6) is 0 Å². The summed E-state index contributed by atoms with van der Waals surface area (Å²) in [5.41, 5.74) is 5.45. The highest BCUT2D eigenvalue weighted by atomic mass is 16.5. The lowest BCUT2D eigenvalue weighted by Crippen LogP contribution is -2.22. The summed E-state index contributed by atoms with van der Waals surface area (Å²) in [7, 11) is 0. The predicted molar refractivity (Wildman–Crippen MR) is 60.9 cm³/mol. The molecule has 0 spiro atoms. The van der Waals surface area contributed by atoms with Gasteiger partial charge in [-0.2, -0.15) is 4.98 Å². The molecule has 5 heteroatoms. The van der Waals surface area contributed by atoms with E-state index in [0.717, 1.165) is 44.1 Å². The van der Waals surface area contributed by atoms with Crippen LogP contribution in [0, 0.1) is 0 Å². The highest BCUT2D eigenvalue weighted by molar-refractivity contribution is 4.96.